The second-order valence-electron chi connectivity index (χ2n) is 7.51. The Labute approximate surface area is 170 Å². The van der Waals surface area contributed by atoms with Crippen molar-refractivity contribution >= 4 is 11.2 Å². The zero-order chi connectivity index (χ0) is 20.8. The molecule has 1 aromatic carbocycles. The highest BCUT2D eigenvalue weighted by Gasteiger charge is 2.34. The topological polar surface area (TPSA) is 110 Å². The first kappa shape index (κ1) is 18.3. The molecule has 0 bridgehead atoms. The average molecular weight is 408 g/mol. The summed E-state index contributed by atoms with van der Waals surface area (Å²) >= 11 is 0. The van der Waals surface area contributed by atoms with Crippen molar-refractivity contribution in [1.82, 2.24) is 28.9 Å². The van der Waals surface area contributed by atoms with Crippen molar-refractivity contribution in [2.45, 2.75) is 31.3 Å². The summed E-state index contributed by atoms with van der Waals surface area (Å²) in [6, 6.07) is 7.95. The summed E-state index contributed by atoms with van der Waals surface area (Å²) in [4.78, 5) is 33.2. The zero-order valence-corrected chi connectivity index (χ0v) is 16.6. The van der Waals surface area contributed by atoms with Crippen LogP contribution >= 0.6 is 0 Å². The number of nitrogens with zero attached hydrogens (tertiary/aromatic N) is 6. The van der Waals surface area contributed by atoms with E-state index in [9.17, 15) is 9.59 Å². The maximum atomic E-state index is 12.7. The van der Waals surface area contributed by atoms with Gasteiger partial charge < -0.3 is 13.7 Å². The predicted molar refractivity (Wildman–Crippen MR) is 107 cm³/mol. The van der Waals surface area contributed by atoms with Gasteiger partial charge in [0.15, 0.2) is 11.2 Å². The third-order valence-electron chi connectivity index (χ3n) is 5.66. The van der Waals surface area contributed by atoms with E-state index < -0.39 is 5.76 Å². The fourth-order valence-electron chi connectivity index (χ4n) is 3.89. The Morgan fingerprint density at radius 2 is 1.87 bits per heavy atom. The molecule has 0 atom stereocenters. The number of rotatable bonds is 5. The van der Waals surface area contributed by atoms with Gasteiger partial charge in [-0.1, -0.05) is 12.1 Å². The highest BCUT2D eigenvalue weighted by atomic mass is 16.5. The first-order valence-corrected chi connectivity index (χ1v) is 9.62. The monoisotopic (exact) mass is 408 g/mol. The van der Waals surface area contributed by atoms with Crippen LogP contribution in [0.15, 0.2) is 50.9 Å². The predicted octanol–water partition coefficient (Wildman–Crippen LogP) is 1.46. The van der Waals surface area contributed by atoms with Crippen molar-refractivity contribution in [3.05, 3.63) is 69.3 Å². The van der Waals surface area contributed by atoms with Gasteiger partial charge in [0, 0.05) is 7.05 Å². The molecule has 10 nitrogen and oxygen atoms in total. The zero-order valence-electron chi connectivity index (χ0n) is 16.6. The summed E-state index contributed by atoms with van der Waals surface area (Å²) in [5, 5.41) is 4.32. The van der Waals surface area contributed by atoms with Gasteiger partial charge in [-0.15, -0.1) is 5.10 Å². The molecule has 0 unspecified atom stereocenters. The van der Waals surface area contributed by atoms with Crippen molar-refractivity contribution in [1.29, 1.82) is 0 Å². The summed E-state index contributed by atoms with van der Waals surface area (Å²) in [7, 11) is 3.37. The van der Waals surface area contributed by atoms with E-state index in [0.29, 0.717) is 17.1 Å². The van der Waals surface area contributed by atoms with Gasteiger partial charge in [-0.05, 0) is 36.5 Å². The van der Waals surface area contributed by atoms with E-state index in [-0.39, 0.29) is 24.0 Å². The van der Waals surface area contributed by atoms with Crippen molar-refractivity contribution in [3.63, 3.8) is 0 Å². The minimum absolute atomic E-state index is 0.0171. The third kappa shape index (κ3) is 3.00. The van der Waals surface area contributed by atoms with E-state index >= 15 is 0 Å². The van der Waals surface area contributed by atoms with Crippen LogP contribution in [0.4, 0.5) is 0 Å². The van der Waals surface area contributed by atoms with Gasteiger partial charge in [0.25, 0.3) is 5.56 Å². The molecule has 3 aromatic heterocycles. The molecule has 0 saturated heterocycles. The van der Waals surface area contributed by atoms with Gasteiger partial charge in [-0.3, -0.25) is 9.36 Å². The SMILES string of the molecule is COc1ccc(C2CC(n3nc(Cn4cnc5ncn(C)c5c4=O)oc3=O)C2)cc1. The molecule has 0 amide bonds. The highest BCUT2D eigenvalue weighted by molar-refractivity contribution is 5.68. The fraction of sp³-hybridized carbons (Fsp3) is 0.350. The standard InChI is InChI=1S/C20H20N6O4/c1-24-10-21-18-17(24)19(27)25(11-22-18)9-16-23-26(20(28)30-16)14-7-13(8-14)12-3-5-15(29-2)6-4-12/h3-6,10-11,13-14H,7-9H2,1-2H3. The van der Waals surface area contributed by atoms with E-state index in [1.807, 2.05) is 24.3 Å². The van der Waals surface area contributed by atoms with E-state index in [4.69, 9.17) is 9.15 Å². The number of hydrogen-bond donors (Lipinski definition) is 0. The van der Waals surface area contributed by atoms with Crippen LogP contribution in [0.2, 0.25) is 0 Å². The van der Waals surface area contributed by atoms with Crippen molar-refractivity contribution < 1.29 is 9.15 Å². The summed E-state index contributed by atoms with van der Waals surface area (Å²) in [6.45, 7) is 0.0316. The van der Waals surface area contributed by atoms with Gasteiger partial charge in [-0.2, -0.15) is 4.68 Å². The molecule has 0 spiro atoms. The first-order chi connectivity index (χ1) is 14.5. The summed E-state index contributed by atoms with van der Waals surface area (Å²) < 4.78 is 14.8. The van der Waals surface area contributed by atoms with Crippen LogP contribution in [0.5, 0.6) is 5.75 Å². The van der Waals surface area contributed by atoms with E-state index in [1.54, 1.807) is 18.7 Å². The molecular weight excluding hydrogens is 388 g/mol. The number of benzene rings is 1. The summed E-state index contributed by atoms with van der Waals surface area (Å²) in [5.41, 5.74) is 1.72. The first-order valence-electron chi connectivity index (χ1n) is 9.62. The Morgan fingerprint density at radius 1 is 1.13 bits per heavy atom. The van der Waals surface area contributed by atoms with Gasteiger partial charge >= 0.3 is 5.76 Å². The normalized spacial score (nSPS) is 18.5. The Bertz CT molecular complexity index is 1320. The minimum Gasteiger partial charge on any atom is -0.497 e. The average Bonchev–Trinajstić information content (AvgIpc) is 3.26. The van der Waals surface area contributed by atoms with Gasteiger partial charge in [0.05, 0.1) is 19.5 Å². The van der Waals surface area contributed by atoms with Crippen molar-refractivity contribution in [3.8, 4) is 5.75 Å². The second kappa shape index (κ2) is 6.97. The van der Waals surface area contributed by atoms with Gasteiger partial charge in [0.1, 0.15) is 18.6 Å². The fourth-order valence-corrected chi connectivity index (χ4v) is 3.89. The maximum absolute atomic E-state index is 12.7. The van der Waals surface area contributed by atoms with Crippen LogP contribution in [-0.2, 0) is 13.6 Å². The number of fused-ring (bicyclic) bond motifs is 1. The Balaban J connectivity index is 1.32. The van der Waals surface area contributed by atoms with E-state index in [1.165, 1.54) is 27.5 Å². The lowest BCUT2D eigenvalue weighted by atomic mass is 9.76. The Morgan fingerprint density at radius 3 is 2.60 bits per heavy atom. The maximum Gasteiger partial charge on any atom is 0.437 e. The lowest BCUT2D eigenvalue weighted by Crippen LogP contribution is -2.31. The molecule has 1 fully saturated rings. The summed E-state index contributed by atoms with van der Waals surface area (Å²) in [5.74, 6) is 0.858. The highest BCUT2D eigenvalue weighted by Crippen LogP contribution is 2.44. The molecule has 154 valence electrons. The Hall–Kier alpha value is -3.69. The van der Waals surface area contributed by atoms with E-state index in [2.05, 4.69) is 15.1 Å². The minimum atomic E-state index is -0.509. The largest absolute Gasteiger partial charge is 0.497 e. The lowest BCUT2D eigenvalue weighted by molar-refractivity contribution is 0.233. The smallest absolute Gasteiger partial charge is 0.437 e. The number of aryl methyl sites for hydroxylation is 1. The molecule has 3 heterocycles. The number of aromatic nitrogens is 6. The number of methoxy groups -OCH3 is 1. The third-order valence-corrected chi connectivity index (χ3v) is 5.66. The molecule has 0 N–H and O–H groups in total. The van der Waals surface area contributed by atoms with Crippen LogP contribution in [0.25, 0.3) is 11.2 Å². The number of ether oxygens (including phenoxy) is 1. The quantitative estimate of drug-likeness (QED) is 0.492. The summed E-state index contributed by atoms with van der Waals surface area (Å²) in [6.07, 6.45) is 4.54. The van der Waals surface area contributed by atoms with Crippen LogP contribution in [0.3, 0.4) is 0 Å². The molecular formula is C20H20N6O4. The van der Waals surface area contributed by atoms with Crippen LogP contribution in [0.1, 0.15) is 36.3 Å². The van der Waals surface area contributed by atoms with Crippen LogP contribution < -0.4 is 16.1 Å². The molecule has 5 rings (SSSR count). The van der Waals surface area contributed by atoms with Crippen LogP contribution in [-0.4, -0.2) is 36.0 Å². The van der Waals surface area contributed by atoms with Gasteiger partial charge in [-0.25, -0.2) is 14.8 Å². The van der Waals surface area contributed by atoms with Gasteiger partial charge in [0.2, 0.25) is 5.89 Å². The molecule has 4 aromatic rings. The number of imidazole rings is 1. The number of hydrogen-bond acceptors (Lipinski definition) is 7. The molecule has 10 heteroatoms. The lowest BCUT2D eigenvalue weighted by Gasteiger charge is -2.34. The molecule has 0 radical (unpaired) electrons. The van der Waals surface area contributed by atoms with Crippen molar-refractivity contribution in [2.75, 3.05) is 7.11 Å². The van der Waals surface area contributed by atoms with Crippen LogP contribution in [0, 0.1) is 0 Å². The Kier molecular flexibility index (Phi) is 4.27. The molecule has 1 aliphatic rings. The van der Waals surface area contributed by atoms with Crippen molar-refractivity contribution in [2.24, 2.45) is 7.05 Å². The molecule has 30 heavy (non-hydrogen) atoms. The second-order valence-corrected chi connectivity index (χ2v) is 7.51. The van der Waals surface area contributed by atoms with E-state index in [0.717, 1.165) is 18.6 Å². The molecule has 0 aliphatic heterocycles. The molecule has 1 saturated carbocycles. The molecule has 1 aliphatic carbocycles.